The number of rotatable bonds is 7. The number of nitrogens with zero attached hydrogens (tertiary/aromatic N) is 1. The van der Waals surface area contributed by atoms with Gasteiger partial charge in [0.25, 0.3) is 0 Å². The standard InChI is InChI=1S/C43H65NO7/c1-26-22-29(37(39(5,6)47)49-27(2)45)50-35-34(26)40(7)18-19-43-25-42(43)17-16-32(38(3,4)30(42)14-15-31(43)41(40,8)36(35)46)51-33-24-44(20-21-48-33)23-28-12-10-9-11-13-28/h9-13,26,29-37,46-47H,14-25H2,1-8H3/t26-,29?,30+,31+,32+,33+,34?,35+,36+,37+,40-,41-,42-,43+/m1/s1. The molecule has 2 unspecified atom stereocenters. The zero-order valence-corrected chi connectivity index (χ0v) is 32.5. The Bertz CT molecular complexity index is 1480. The first-order chi connectivity index (χ1) is 24.0. The maximum atomic E-state index is 12.6. The van der Waals surface area contributed by atoms with Crippen molar-refractivity contribution in [2.45, 2.75) is 156 Å². The molecule has 8 nitrogen and oxygen atoms in total. The first-order valence-electron chi connectivity index (χ1n) is 20.2. The van der Waals surface area contributed by atoms with Crippen LogP contribution in [0.2, 0.25) is 0 Å². The molecule has 2 N–H and O–H groups in total. The number of fused-ring (bicyclic) bond motifs is 4. The van der Waals surface area contributed by atoms with Gasteiger partial charge < -0.3 is 29.2 Å². The Labute approximate surface area is 306 Å². The van der Waals surface area contributed by atoms with E-state index in [2.05, 4.69) is 69.9 Å². The van der Waals surface area contributed by atoms with Crippen LogP contribution in [0.4, 0.5) is 0 Å². The zero-order chi connectivity index (χ0) is 36.4. The number of esters is 1. The number of morpholine rings is 1. The molecule has 51 heavy (non-hydrogen) atoms. The number of carbonyl (C=O) groups excluding carboxylic acids is 1. The normalized spacial score (nSPS) is 47.9. The highest BCUT2D eigenvalue weighted by atomic mass is 16.7. The maximum Gasteiger partial charge on any atom is 0.303 e. The van der Waals surface area contributed by atoms with E-state index in [4.69, 9.17) is 18.9 Å². The summed E-state index contributed by atoms with van der Waals surface area (Å²) in [5.74, 6) is 1.10. The number of hydrogen-bond acceptors (Lipinski definition) is 8. The van der Waals surface area contributed by atoms with Gasteiger partial charge >= 0.3 is 5.97 Å². The van der Waals surface area contributed by atoms with Crippen LogP contribution in [0.5, 0.6) is 0 Å². The Morgan fingerprint density at radius 2 is 1.75 bits per heavy atom. The molecule has 8 heteroatoms. The van der Waals surface area contributed by atoms with Gasteiger partial charge in [0, 0.05) is 32.0 Å². The third kappa shape index (κ3) is 5.30. The minimum Gasteiger partial charge on any atom is -0.457 e. The van der Waals surface area contributed by atoms with Crippen molar-refractivity contribution in [2.24, 2.45) is 50.7 Å². The third-order valence-corrected chi connectivity index (χ3v) is 16.8. The van der Waals surface area contributed by atoms with E-state index in [-0.39, 0.29) is 52.0 Å². The van der Waals surface area contributed by atoms with Gasteiger partial charge in [-0.1, -0.05) is 65.0 Å². The van der Waals surface area contributed by atoms with Crippen molar-refractivity contribution >= 4 is 5.97 Å². The quantitative estimate of drug-likeness (QED) is 0.301. The summed E-state index contributed by atoms with van der Waals surface area (Å²) in [6.45, 7) is 20.3. The van der Waals surface area contributed by atoms with E-state index in [0.29, 0.717) is 30.3 Å². The number of aliphatic hydroxyl groups is 2. The first-order valence-corrected chi connectivity index (χ1v) is 20.2. The molecular formula is C43H65NO7. The van der Waals surface area contributed by atoms with Gasteiger partial charge in [-0.2, -0.15) is 0 Å². The van der Waals surface area contributed by atoms with Crippen LogP contribution in [0.15, 0.2) is 30.3 Å². The fourth-order valence-corrected chi connectivity index (χ4v) is 14.5. The predicted octanol–water partition coefficient (Wildman–Crippen LogP) is 6.75. The largest absolute Gasteiger partial charge is 0.457 e. The highest BCUT2D eigenvalue weighted by Gasteiger charge is 2.84. The minimum atomic E-state index is -1.25. The fraction of sp³-hybridized carbons (Fsp3) is 0.837. The monoisotopic (exact) mass is 707 g/mol. The summed E-state index contributed by atoms with van der Waals surface area (Å²) in [5.41, 5.74) is 0.341. The third-order valence-electron chi connectivity index (χ3n) is 16.8. The average molecular weight is 708 g/mol. The molecule has 0 radical (unpaired) electrons. The average Bonchev–Trinajstić information content (AvgIpc) is 3.70. The highest BCUT2D eigenvalue weighted by molar-refractivity contribution is 5.66. The molecule has 7 aliphatic rings. The van der Waals surface area contributed by atoms with E-state index in [1.54, 1.807) is 13.8 Å². The first kappa shape index (κ1) is 36.4. The molecule has 284 valence electrons. The minimum absolute atomic E-state index is 0.0371. The molecule has 0 amide bonds. The van der Waals surface area contributed by atoms with Crippen LogP contribution in [-0.2, 0) is 30.3 Å². The van der Waals surface area contributed by atoms with E-state index in [1.807, 2.05) is 0 Å². The van der Waals surface area contributed by atoms with Gasteiger partial charge in [-0.25, -0.2) is 0 Å². The summed E-state index contributed by atoms with van der Waals surface area (Å²) in [7, 11) is 0. The molecule has 14 atom stereocenters. The van der Waals surface area contributed by atoms with Gasteiger partial charge in [-0.15, -0.1) is 0 Å². The SMILES string of the molecule is CC(=O)O[C@@H](C1C[C@@H](C)C2[C@H](O1)[C@H](O)[C@@]1(C)[C@@H]3CC[C@H]4C(C)(C)[C@@H](O[C@H]5CN(Cc6ccccc6)CCO5)CC[C@@]45C[C@@]35CC[C@]21C)C(C)(C)O. The van der Waals surface area contributed by atoms with Gasteiger partial charge in [-0.3, -0.25) is 9.69 Å². The molecule has 2 spiro atoms. The van der Waals surface area contributed by atoms with Crippen molar-refractivity contribution in [2.75, 3.05) is 19.7 Å². The van der Waals surface area contributed by atoms with E-state index >= 15 is 0 Å². The summed E-state index contributed by atoms with van der Waals surface area (Å²) in [6, 6.07) is 10.7. The van der Waals surface area contributed by atoms with Crippen LogP contribution < -0.4 is 0 Å². The van der Waals surface area contributed by atoms with Crippen molar-refractivity contribution in [3.63, 3.8) is 0 Å². The van der Waals surface area contributed by atoms with Crippen molar-refractivity contribution in [1.82, 2.24) is 4.90 Å². The predicted molar refractivity (Wildman–Crippen MR) is 194 cm³/mol. The van der Waals surface area contributed by atoms with E-state index in [1.165, 1.54) is 38.2 Å². The lowest BCUT2D eigenvalue weighted by Gasteiger charge is -2.64. The highest BCUT2D eigenvalue weighted by Crippen LogP contribution is 2.89. The Morgan fingerprint density at radius 3 is 2.45 bits per heavy atom. The number of carbonyl (C=O) groups is 1. The molecule has 0 bridgehead atoms. The van der Waals surface area contributed by atoms with Gasteiger partial charge in [0.05, 0.1) is 36.6 Å². The lowest BCUT2D eigenvalue weighted by atomic mass is 9.41. The van der Waals surface area contributed by atoms with Crippen LogP contribution in [0.3, 0.4) is 0 Å². The van der Waals surface area contributed by atoms with Gasteiger partial charge in [0.15, 0.2) is 12.4 Å². The molecule has 1 aromatic rings. The second-order valence-corrected chi connectivity index (χ2v) is 19.9. The summed E-state index contributed by atoms with van der Waals surface area (Å²) < 4.78 is 25.8. The summed E-state index contributed by atoms with van der Waals surface area (Å²) >= 11 is 0. The fourth-order valence-electron chi connectivity index (χ4n) is 14.5. The van der Waals surface area contributed by atoms with Crippen LogP contribution >= 0.6 is 0 Å². The Morgan fingerprint density at radius 1 is 1.04 bits per heavy atom. The van der Waals surface area contributed by atoms with Crippen molar-refractivity contribution in [3.05, 3.63) is 35.9 Å². The van der Waals surface area contributed by atoms with Crippen LogP contribution in [0, 0.1) is 50.7 Å². The van der Waals surface area contributed by atoms with Gasteiger partial charge in [-0.05, 0) is 116 Å². The number of ether oxygens (including phenoxy) is 4. The molecule has 2 saturated heterocycles. The summed E-state index contributed by atoms with van der Waals surface area (Å²) in [4.78, 5) is 14.6. The van der Waals surface area contributed by atoms with Crippen LogP contribution in [0.25, 0.3) is 0 Å². The summed E-state index contributed by atoms with van der Waals surface area (Å²) in [6.07, 6.45) is 6.66. The summed E-state index contributed by atoms with van der Waals surface area (Å²) in [5, 5.41) is 23.7. The van der Waals surface area contributed by atoms with Gasteiger partial charge in [0.2, 0.25) is 0 Å². The number of aliphatic hydroxyl groups excluding tert-OH is 1. The second-order valence-electron chi connectivity index (χ2n) is 19.9. The molecule has 2 heterocycles. The zero-order valence-electron chi connectivity index (χ0n) is 32.5. The lowest BCUT2D eigenvalue weighted by molar-refractivity contribution is -0.249. The molecule has 1 aromatic carbocycles. The Kier molecular flexibility index (Phi) is 8.73. The Balaban J connectivity index is 1.00. The van der Waals surface area contributed by atoms with Crippen LogP contribution in [0.1, 0.15) is 112 Å². The molecule has 5 saturated carbocycles. The van der Waals surface area contributed by atoms with Crippen LogP contribution in [-0.4, -0.2) is 83.2 Å². The van der Waals surface area contributed by atoms with Crippen molar-refractivity contribution < 1.29 is 34.0 Å². The van der Waals surface area contributed by atoms with Crippen molar-refractivity contribution in [3.8, 4) is 0 Å². The van der Waals surface area contributed by atoms with Gasteiger partial charge in [0.1, 0.15) is 0 Å². The molecule has 0 aromatic heterocycles. The van der Waals surface area contributed by atoms with E-state index in [9.17, 15) is 15.0 Å². The second kappa shape index (κ2) is 12.2. The smallest absolute Gasteiger partial charge is 0.303 e. The maximum absolute atomic E-state index is 12.6. The Hall–Kier alpha value is -1.55. The molecule has 2 aliphatic heterocycles. The van der Waals surface area contributed by atoms with E-state index in [0.717, 1.165) is 38.9 Å². The van der Waals surface area contributed by atoms with E-state index < -0.39 is 29.9 Å². The number of benzene rings is 1. The molecule has 8 rings (SSSR count). The van der Waals surface area contributed by atoms with Crippen molar-refractivity contribution in [1.29, 1.82) is 0 Å². The number of hydrogen-bond donors (Lipinski definition) is 2. The topological polar surface area (TPSA) is 97.7 Å². The molecule has 7 fully saturated rings. The lowest BCUT2D eigenvalue weighted by Crippen LogP contribution is -2.60. The molecule has 5 aliphatic carbocycles. The molecular weight excluding hydrogens is 642 g/mol.